The van der Waals surface area contributed by atoms with Crippen LogP contribution in [0.15, 0.2) is 18.6 Å². The van der Waals surface area contributed by atoms with Crippen molar-refractivity contribution in [3.8, 4) is 0 Å². The van der Waals surface area contributed by atoms with Crippen molar-refractivity contribution >= 4 is 11.9 Å². The molecule has 1 saturated heterocycles. The molecule has 0 aromatic carbocycles. The molecule has 1 aliphatic heterocycles. The van der Waals surface area contributed by atoms with Crippen LogP contribution in [0.25, 0.3) is 0 Å². The van der Waals surface area contributed by atoms with Crippen LogP contribution in [0.3, 0.4) is 0 Å². The van der Waals surface area contributed by atoms with Gasteiger partial charge in [0.2, 0.25) is 0 Å². The van der Waals surface area contributed by atoms with E-state index in [0.717, 1.165) is 25.2 Å². The van der Waals surface area contributed by atoms with Crippen LogP contribution in [-0.4, -0.2) is 52.7 Å². The van der Waals surface area contributed by atoms with E-state index < -0.39 is 5.60 Å². The van der Waals surface area contributed by atoms with Crippen molar-refractivity contribution in [1.29, 1.82) is 0 Å². The van der Waals surface area contributed by atoms with Crippen LogP contribution in [0, 0.1) is 0 Å². The van der Waals surface area contributed by atoms with Crippen molar-refractivity contribution in [2.24, 2.45) is 0 Å². The lowest BCUT2D eigenvalue weighted by Gasteiger charge is -2.38. The van der Waals surface area contributed by atoms with Crippen molar-refractivity contribution in [3.05, 3.63) is 18.6 Å². The molecule has 1 atom stereocenters. The summed E-state index contributed by atoms with van der Waals surface area (Å²) < 4.78 is 5.45. The second-order valence-electron chi connectivity index (χ2n) is 6.40. The average Bonchev–Trinajstić information content (AvgIpc) is 2.46. The van der Waals surface area contributed by atoms with Crippen molar-refractivity contribution in [2.45, 2.75) is 45.3 Å². The summed E-state index contributed by atoms with van der Waals surface area (Å²) >= 11 is 0. The van der Waals surface area contributed by atoms with E-state index in [1.807, 2.05) is 27.8 Å². The highest BCUT2D eigenvalue weighted by Crippen LogP contribution is 2.20. The normalized spacial score (nSPS) is 19.2. The summed E-state index contributed by atoms with van der Waals surface area (Å²) in [5.41, 5.74) is -0.458. The molecule has 0 bridgehead atoms. The molecule has 1 aromatic rings. The number of amides is 1. The second kappa shape index (κ2) is 6.28. The minimum absolute atomic E-state index is 0.236. The molecule has 21 heavy (non-hydrogen) atoms. The molecular weight excluding hydrogens is 268 g/mol. The quantitative estimate of drug-likeness (QED) is 0.837. The number of likely N-dealkylation sites (N-methyl/N-ethyl adjacent to an activating group) is 1. The fourth-order valence-electron chi connectivity index (χ4n) is 2.42. The van der Waals surface area contributed by atoms with Crippen LogP contribution in [0.2, 0.25) is 0 Å². The van der Waals surface area contributed by atoms with Gasteiger partial charge in [0.15, 0.2) is 0 Å². The molecule has 1 fully saturated rings. The van der Waals surface area contributed by atoms with Gasteiger partial charge in [0, 0.05) is 38.6 Å². The van der Waals surface area contributed by atoms with Gasteiger partial charge < -0.3 is 14.5 Å². The monoisotopic (exact) mass is 292 g/mol. The Balaban J connectivity index is 1.99. The predicted octanol–water partition coefficient (Wildman–Crippen LogP) is 2.31. The predicted molar refractivity (Wildman–Crippen MR) is 81.3 cm³/mol. The van der Waals surface area contributed by atoms with Gasteiger partial charge in [-0.3, -0.25) is 4.98 Å². The number of anilines is 1. The smallest absolute Gasteiger partial charge is 0.410 e. The van der Waals surface area contributed by atoms with Gasteiger partial charge in [-0.1, -0.05) is 0 Å². The Labute approximate surface area is 126 Å². The second-order valence-corrected chi connectivity index (χ2v) is 6.40. The van der Waals surface area contributed by atoms with Crippen LogP contribution in [0.5, 0.6) is 0 Å². The van der Waals surface area contributed by atoms with Crippen molar-refractivity contribution in [3.63, 3.8) is 0 Å². The lowest BCUT2D eigenvalue weighted by Crippen LogP contribution is -2.50. The third kappa shape index (κ3) is 4.31. The SMILES string of the molecule is CN(c1cnccn1)C1CCCN(C(=O)OC(C)(C)C)C1. The van der Waals surface area contributed by atoms with E-state index in [4.69, 9.17) is 4.74 Å². The molecule has 0 radical (unpaired) electrons. The van der Waals surface area contributed by atoms with E-state index in [2.05, 4.69) is 14.9 Å². The van der Waals surface area contributed by atoms with E-state index in [-0.39, 0.29) is 12.1 Å². The summed E-state index contributed by atoms with van der Waals surface area (Å²) in [6, 6.07) is 0.239. The molecule has 0 N–H and O–H groups in total. The maximum atomic E-state index is 12.2. The number of likely N-dealkylation sites (tertiary alicyclic amines) is 1. The Hall–Kier alpha value is -1.85. The van der Waals surface area contributed by atoms with Gasteiger partial charge in [0.05, 0.1) is 6.20 Å². The maximum absolute atomic E-state index is 12.2. The average molecular weight is 292 g/mol. The minimum Gasteiger partial charge on any atom is -0.444 e. The number of hydrogen-bond donors (Lipinski definition) is 0. The molecular formula is C15H24N4O2. The van der Waals surface area contributed by atoms with Crippen LogP contribution in [0.1, 0.15) is 33.6 Å². The fraction of sp³-hybridized carbons (Fsp3) is 0.667. The summed E-state index contributed by atoms with van der Waals surface area (Å²) in [6.07, 6.45) is 6.85. The summed E-state index contributed by atoms with van der Waals surface area (Å²) in [4.78, 5) is 24.5. The van der Waals surface area contributed by atoms with Gasteiger partial charge in [0.1, 0.15) is 11.4 Å². The van der Waals surface area contributed by atoms with Crippen molar-refractivity contribution in [1.82, 2.24) is 14.9 Å². The van der Waals surface area contributed by atoms with Crippen LogP contribution >= 0.6 is 0 Å². The number of rotatable bonds is 2. The fourth-order valence-corrected chi connectivity index (χ4v) is 2.42. The number of nitrogens with zero attached hydrogens (tertiary/aromatic N) is 4. The van der Waals surface area contributed by atoms with Crippen LogP contribution in [0.4, 0.5) is 10.6 Å². The highest BCUT2D eigenvalue weighted by atomic mass is 16.6. The first kappa shape index (κ1) is 15.5. The molecule has 1 aliphatic rings. The standard InChI is InChI=1S/C15H24N4O2/c1-15(2,3)21-14(20)19-9-5-6-12(11-19)18(4)13-10-16-7-8-17-13/h7-8,10,12H,5-6,9,11H2,1-4H3. The number of piperidine rings is 1. The Morgan fingerprint density at radius 3 is 2.81 bits per heavy atom. The lowest BCUT2D eigenvalue weighted by atomic mass is 10.0. The highest BCUT2D eigenvalue weighted by molar-refractivity contribution is 5.68. The first-order valence-corrected chi connectivity index (χ1v) is 7.33. The molecule has 1 unspecified atom stereocenters. The van der Waals surface area contributed by atoms with E-state index >= 15 is 0 Å². The maximum Gasteiger partial charge on any atom is 0.410 e. The molecule has 6 heteroatoms. The third-order valence-corrected chi connectivity index (χ3v) is 3.51. The van der Waals surface area contributed by atoms with Gasteiger partial charge in [-0.25, -0.2) is 9.78 Å². The Bertz CT molecular complexity index is 472. The first-order chi connectivity index (χ1) is 9.87. The largest absolute Gasteiger partial charge is 0.444 e. The van der Waals surface area contributed by atoms with Crippen LogP contribution in [-0.2, 0) is 4.74 Å². The molecule has 0 aliphatic carbocycles. The zero-order valence-corrected chi connectivity index (χ0v) is 13.2. The van der Waals surface area contributed by atoms with Gasteiger partial charge in [-0.05, 0) is 33.6 Å². The van der Waals surface area contributed by atoms with Crippen molar-refractivity contribution in [2.75, 3.05) is 25.0 Å². The summed E-state index contributed by atoms with van der Waals surface area (Å²) in [5.74, 6) is 0.827. The summed E-state index contributed by atoms with van der Waals surface area (Å²) in [5, 5.41) is 0. The third-order valence-electron chi connectivity index (χ3n) is 3.51. The Kier molecular flexibility index (Phi) is 4.65. The minimum atomic E-state index is -0.458. The first-order valence-electron chi connectivity index (χ1n) is 7.33. The molecule has 6 nitrogen and oxygen atoms in total. The van der Waals surface area contributed by atoms with E-state index in [1.165, 1.54) is 0 Å². The Morgan fingerprint density at radius 1 is 1.43 bits per heavy atom. The highest BCUT2D eigenvalue weighted by Gasteiger charge is 2.29. The lowest BCUT2D eigenvalue weighted by molar-refractivity contribution is 0.0199. The molecule has 1 aromatic heterocycles. The van der Waals surface area contributed by atoms with Gasteiger partial charge in [0.25, 0.3) is 0 Å². The number of aromatic nitrogens is 2. The topological polar surface area (TPSA) is 58.6 Å². The molecule has 0 saturated carbocycles. The van der Waals surface area contributed by atoms with Gasteiger partial charge in [-0.15, -0.1) is 0 Å². The molecule has 1 amide bonds. The molecule has 2 heterocycles. The zero-order chi connectivity index (χ0) is 15.5. The van der Waals surface area contributed by atoms with Crippen LogP contribution < -0.4 is 4.90 Å². The molecule has 0 spiro atoms. The van der Waals surface area contributed by atoms with E-state index in [0.29, 0.717) is 6.54 Å². The summed E-state index contributed by atoms with van der Waals surface area (Å²) in [6.45, 7) is 7.07. The summed E-state index contributed by atoms with van der Waals surface area (Å²) in [7, 11) is 1.99. The molecule has 116 valence electrons. The van der Waals surface area contributed by atoms with E-state index in [9.17, 15) is 4.79 Å². The Morgan fingerprint density at radius 2 is 2.19 bits per heavy atom. The number of carbonyl (C=O) groups excluding carboxylic acids is 1. The molecule has 2 rings (SSSR count). The number of carbonyl (C=O) groups is 1. The van der Waals surface area contributed by atoms with Gasteiger partial charge >= 0.3 is 6.09 Å². The van der Waals surface area contributed by atoms with Gasteiger partial charge in [-0.2, -0.15) is 0 Å². The van der Waals surface area contributed by atoms with Crippen molar-refractivity contribution < 1.29 is 9.53 Å². The number of hydrogen-bond acceptors (Lipinski definition) is 5. The number of ether oxygens (including phenoxy) is 1. The van der Waals surface area contributed by atoms with E-state index in [1.54, 1.807) is 23.5 Å². The zero-order valence-electron chi connectivity index (χ0n) is 13.2.